The van der Waals surface area contributed by atoms with Crippen LogP contribution in [0.15, 0.2) is 0 Å². The van der Waals surface area contributed by atoms with Gasteiger partial charge < -0.3 is 4.90 Å². The van der Waals surface area contributed by atoms with Gasteiger partial charge in [-0.05, 0) is 25.8 Å². The van der Waals surface area contributed by atoms with Crippen LogP contribution >= 0.6 is 11.6 Å². The molecule has 4 heteroatoms. The van der Waals surface area contributed by atoms with Gasteiger partial charge in [0.2, 0.25) is 5.91 Å². The van der Waals surface area contributed by atoms with E-state index < -0.39 is 0 Å². The Bertz CT molecular complexity index is 272. The quantitative estimate of drug-likeness (QED) is 0.721. The van der Waals surface area contributed by atoms with Crippen molar-refractivity contribution >= 4 is 17.5 Å². The summed E-state index contributed by atoms with van der Waals surface area (Å²) in [7, 11) is 0. The second kappa shape index (κ2) is 6.05. The molecule has 0 N–H and O–H groups in total. The molecule has 3 nitrogen and oxygen atoms in total. The number of piperidine rings is 1. The van der Waals surface area contributed by atoms with Crippen molar-refractivity contribution in [2.45, 2.75) is 50.4 Å². The lowest BCUT2D eigenvalue weighted by atomic mass is 10.0. The van der Waals surface area contributed by atoms with Crippen LogP contribution in [0.2, 0.25) is 0 Å². The second-order valence-electron chi connectivity index (χ2n) is 5.23. The molecule has 0 bridgehead atoms. The smallest absolute Gasteiger partial charge is 0.224 e. The predicted octanol–water partition coefficient (Wildman–Crippen LogP) is 2.09. The molecule has 2 rings (SSSR count). The number of amides is 1. The Balaban J connectivity index is 1.78. The molecule has 0 aromatic carbocycles. The largest absolute Gasteiger partial charge is 0.340 e. The van der Waals surface area contributed by atoms with Gasteiger partial charge in [0.25, 0.3) is 0 Å². The Morgan fingerprint density at radius 2 is 2.18 bits per heavy atom. The highest BCUT2D eigenvalue weighted by Crippen LogP contribution is 2.20. The third-order valence-electron chi connectivity index (χ3n) is 4.04. The van der Waals surface area contributed by atoms with Crippen LogP contribution < -0.4 is 0 Å². The topological polar surface area (TPSA) is 23.6 Å². The molecule has 0 aliphatic carbocycles. The van der Waals surface area contributed by atoms with Gasteiger partial charge in [-0.1, -0.05) is 13.3 Å². The van der Waals surface area contributed by atoms with Gasteiger partial charge in [0, 0.05) is 32.1 Å². The number of rotatable bonds is 4. The number of likely N-dealkylation sites (tertiary alicyclic amines) is 2. The van der Waals surface area contributed by atoms with Crippen molar-refractivity contribution in [3.63, 3.8) is 0 Å². The summed E-state index contributed by atoms with van der Waals surface area (Å²) in [6.07, 6.45) is 5.75. The van der Waals surface area contributed by atoms with E-state index in [1.807, 2.05) is 4.90 Å². The number of carbonyl (C=O) groups excluding carboxylic acids is 1. The SMILES string of the molecule is CCC1CCCCN1CCN1CC(Cl)CC1=O. The first-order chi connectivity index (χ1) is 8.20. The Hall–Kier alpha value is -0.280. The molecule has 98 valence electrons. The minimum Gasteiger partial charge on any atom is -0.340 e. The van der Waals surface area contributed by atoms with Crippen LogP contribution in [0.1, 0.15) is 39.0 Å². The maximum absolute atomic E-state index is 11.6. The number of alkyl halides is 1. The third kappa shape index (κ3) is 3.35. The van der Waals surface area contributed by atoms with E-state index in [0.29, 0.717) is 6.42 Å². The van der Waals surface area contributed by atoms with E-state index in [0.717, 1.165) is 25.7 Å². The number of hydrogen-bond acceptors (Lipinski definition) is 2. The zero-order valence-corrected chi connectivity index (χ0v) is 11.5. The van der Waals surface area contributed by atoms with Crippen molar-refractivity contribution in [2.75, 3.05) is 26.2 Å². The van der Waals surface area contributed by atoms with Gasteiger partial charge in [0.1, 0.15) is 0 Å². The molecule has 0 aromatic heterocycles. The zero-order valence-electron chi connectivity index (χ0n) is 10.7. The van der Waals surface area contributed by atoms with E-state index in [2.05, 4.69) is 11.8 Å². The van der Waals surface area contributed by atoms with Gasteiger partial charge in [-0.3, -0.25) is 9.69 Å². The average molecular weight is 259 g/mol. The van der Waals surface area contributed by atoms with Gasteiger partial charge in [0.05, 0.1) is 5.38 Å². The summed E-state index contributed by atoms with van der Waals surface area (Å²) >= 11 is 6.00. The van der Waals surface area contributed by atoms with Gasteiger partial charge in [0.15, 0.2) is 0 Å². The van der Waals surface area contributed by atoms with Crippen LogP contribution in [-0.2, 0) is 4.79 Å². The van der Waals surface area contributed by atoms with E-state index in [-0.39, 0.29) is 11.3 Å². The molecule has 17 heavy (non-hydrogen) atoms. The van der Waals surface area contributed by atoms with Crippen LogP contribution in [0.4, 0.5) is 0 Å². The number of carbonyl (C=O) groups is 1. The molecule has 2 aliphatic rings. The summed E-state index contributed by atoms with van der Waals surface area (Å²) in [5.74, 6) is 0.232. The molecule has 0 spiro atoms. The van der Waals surface area contributed by atoms with Gasteiger partial charge in [-0.2, -0.15) is 0 Å². The normalized spacial score (nSPS) is 31.2. The van der Waals surface area contributed by atoms with Crippen molar-refractivity contribution in [3.05, 3.63) is 0 Å². The first-order valence-electron chi connectivity index (χ1n) is 6.86. The minimum absolute atomic E-state index is 0.0332. The standard InChI is InChI=1S/C13H23ClN2O/c1-2-12-5-3-4-6-15(12)7-8-16-10-11(14)9-13(16)17/h11-12H,2-10H2,1H3. The third-order valence-corrected chi connectivity index (χ3v) is 4.34. The van der Waals surface area contributed by atoms with E-state index in [9.17, 15) is 4.79 Å². The Kier molecular flexibility index (Phi) is 4.69. The molecule has 0 radical (unpaired) electrons. The molecule has 0 aromatic rings. The van der Waals surface area contributed by atoms with Crippen molar-refractivity contribution in [1.82, 2.24) is 9.80 Å². The molecular weight excluding hydrogens is 236 g/mol. The molecule has 2 aliphatic heterocycles. The van der Waals surface area contributed by atoms with Crippen LogP contribution in [0.3, 0.4) is 0 Å². The fraction of sp³-hybridized carbons (Fsp3) is 0.923. The highest BCUT2D eigenvalue weighted by Gasteiger charge is 2.29. The number of nitrogens with zero attached hydrogens (tertiary/aromatic N) is 2. The van der Waals surface area contributed by atoms with E-state index in [1.165, 1.54) is 32.2 Å². The molecular formula is C13H23ClN2O. The maximum atomic E-state index is 11.6. The molecule has 1 amide bonds. The maximum Gasteiger partial charge on any atom is 0.224 e. The summed E-state index contributed by atoms with van der Waals surface area (Å²) in [6.45, 7) is 6.08. The van der Waals surface area contributed by atoms with E-state index in [4.69, 9.17) is 11.6 Å². The zero-order chi connectivity index (χ0) is 12.3. The first-order valence-corrected chi connectivity index (χ1v) is 7.30. The van der Waals surface area contributed by atoms with Gasteiger partial charge >= 0.3 is 0 Å². The summed E-state index contributed by atoms with van der Waals surface area (Å²) in [6, 6.07) is 0.730. The van der Waals surface area contributed by atoms with Crippen LogP contribution in [0.5, 0.6) is 0 Å². The minimum atomic E-state index is 0.0332. The van der Waals surface area contributed by atoms with Crippen molar-refractivity contribution in [1.29, 1.82) is 0 Å². The van der Waals surface area contributed by atoms with Gasteiger partial charge in [-0.15, -0.1) is 11.6 Å². The lowest BCUT2D eigenvalue weighted by Gasteiger charge is -2.36. The monoisotopic (exact) mass is 258 g/mol. The average Bonchev–Trinajstić information content (AvgIpc) is 2.65. The lowest BCUT2D eigenvalue weighted by molar-refractivity contribution is -0.128. The highest BCUT2D eigenvalue weighted by atomic mass is 35.5. The van der Waals surface area contributed by atoms with Gasteiger partial charge in [-0.25, -0.2) is 0 Å². The molecule has 0 saturated carbocycles. The van der Waals surface area contributed by atoms with Crippen molar-refractivity contribution in [3.8, 4) is 0 Å². The van der Waals surface area contributed by atoms with Crippen LogP contribution in [0.25, 0.3) is 0 Å². The summed E-state index contributed by atoms with van der Waals surface area (Å²) in [5.41, 5.74) is 0. The fourth-order valence-corrected chi connectivity index (χ4v) is 3.30. The van der Waals surface area contributed by atoms with E-state index in [1.54, 1.807) is 0 Å². The second-order valence-corrected chi connectivity index (χ2v) is 5.85. The first kappa shape index (κ1) is 13.2. The van der Waals surface area contributed by atoms with Crippen LogP contribution in [-0.4, -0.2) is 53.3 Å². The molecule has 2 fully saturated rings. The number of hydrogen-bond donors (Lipinski definition) is 0. The Morgan fingerprint density at radius 1 is 1.35 bits per heavy atom. The predicted molar refractivity (Wildman–Crippen MR) is 70.3 cm³/mol. The fourth-order valence-electron chi connectivity index (χ4n) is 3.01. The Labute approximate surface area is 109 Å². The summed E-state index contributed by atoms with van der Waals surface area (Å²) in [5, 5.41) is 0.0332. The van der Waals surface area contributed by atoms with Crippen molar-refractivity contribution in [2.24, 2.45) is 0 Å². The van der Waals surface area contributed by atoms with Crippen molar-refractivity contribution < 1.29 is 4.79 Å². The molecule has 2 atom stereocenters. The summed E-state index contributed by atoms with van der Waals surface area (Å²) < 4.78 is 0. The van der Waals surface area contributed by atoms with E-state index >= 15 is 0 Å². The number of halogens is 1. The molecule has 2 saturated heterocycles. The highest BCUT2D eigenvalue weighted by molar-refractivity contribution is 6.22. The van der Waals surface area contributed by atoms with Crippen LogP contribution in [0, 0.1) is 0 Å². The Morgan fingerprint density at radius 3 is 2.82 bits per heavy atom. The lowest BCUT2D eigenvalue weighted by Crippen LogP contribution is -2.44. The molecule has 2 heterocycles. The molecule has 2 unspecified atom stereocenters. The summed E-state index contributed by atoms with van der Waals surface area (Å²) in [4.78, 5) is 16.1.